The van der Waals surface area contributed by atoms with Crippen LogP contribution < -0.4 is 4.90 Å². The fraction of sp³-hybridized carbons (Fsp3) is 0.611. The topological polar surface area (TPSA) is 53.0 Å². The van der Waals surface area contributed by atoms with Gasteiger partial charge in [-0.25, -0.2) is 4.79 Å². The van der Waals surface area contributed by atoms with Gasteiger partial charge in [-0.05, 0) is 56.9 Å². The summed E-state index contributed by atoms with van der Waals surface area (Å²) in [7, 11) is 0. The minimum Gasteiger partial charge on any atom is -0.465 e. The van der Waals surface area contributed by atoms with Crippen LogP contribution in [-0.2, 0) is 11.2 Å². The Hall–Kier alpha value is -1.59. The maximum Gasteiger partial charge on any atom is 0.413 e. The Balaban J connectivity index is 1.84. The first-order valence-electron chi connectivity index (χ1n) is 8.61. The number of fused-ring (bicyclic) bond motifs is 1. The monoisotopic (exact) mass is 320 g/mol. The van der Waals surface area contributed by atoms with Crippen LogP contribution in [0.25, 0.3) is 0 Å². The van der Waals surface area contributed by atoms with Gasteiger partial charge in [0.15, 0.2) is 0 Å². The summed E-state index contributed by atoms with van der Waals surface area (Å²) in [5, 5.41) is 9.53. The Labute approximate surface area is 138 Å². The van der Waals surface area contributed by atoms with Gasteiger partial charge in [0.05, 0.1) is 5.69 Å². The van der Waals surface area contributed by atoms with Crippen LogP contribution in [0.2, 0.25) is 0 Å². The SMILES string of the molecule is CCN(CC)CCCCOC1CCc2ccccc2N1C(=O)O. The van der Waals surface area contributed by atoms with Gasteiger partial charge in [-0.1, -0.05) is 32.0 Å². The average molecular weight is 320 g/mol. The molecule has 0 bridgehead atoms. The van der Waals surface area contributed by atoms with Crippen molar-refractivity contribution in [3.05, 3.63) is 29.8 Å². The molecule has 1 atom stereocenters. The summed E-state index contributed by atoms with van der Waals surface area (Å²) in [5.41, 5.74) is 1.84. The minimum atomic E-state index is -0.940. The molecular formula is C18H28N2O3. The van der Waals surface area contributed by atoms with Crippen molar-refractivity contribution in [3.63, 3.8) is 0 Å². The summed E-state index contributed by atoms with van der Waals surface area (Å²) in [6.07, 6.45) is 2.32. The van der Waals surface area contributed by atoms with E-state index in [0.29, 0.717) is 6.61 Å². The number of anilines is 1. The summed E-state index contributed by atoms with van der Waals surface area (Å²) >= 11 is 0. The molecule has 1 amide bonds. The minimum absolute atomic E-state index is 0.365. The molecular weight excluding hydrogens is 292 g/mol. The molecule has 0 spiro atoms. The zero-order valence-electron chi connectivity index (χ0n) is 14.2. The van der Waals surface area contributed by atoms with Crippen LogP contribution in [0.3, 0.4) is 0 Å². The number of hydrogen-bond donors (Lipinski definition) is 1. The number of ether oxygens (including phenoxy) is 1. The number of unbranched alkanes of at least 4 members (excludes halogenated alkanes) is 1. The highest BCUT2D eigenvalue weighted by atomic mass is 16.5. The molecule has 0 radical (unpaired) electrons. The highest BCUT2D eigenvalue weighted by Gasteiger charge is 2.31. The van der Waals surface area contributed by atoms with E-state index < -0.39 is 6.09 Å². The van der Waals surface area contributed by atoms with E-state index in [2.05, 4.69) is 18.7 Å². The quantitative estimate of drug-likeness (QED) is 0.744. The van der Waals surface area contributed by atoms with E-state index in [-0.39, 0.29) is 6.23 Å². The number of rotatable bonds is 8. The van der Waals surface area contributed by atoms with Crippen LogP contribution in [-0.4, -0.2) is 48.6 Å². The Bertz CT molecular complexity index is 503. The van der Waals surface area contributed by atoms with E-state index >= 15 is 0 Å². The van der Waals surface area contributed by atoms with Gasteiger partial charge in [-0.2, -0.15) is 0 Å². The maximum atomic E-state index is 11.6. The molecule has 1 heterocycles. The van der Waals surface area contributed by atoms with E-state index in [9.17, 15) is 9.90 Å². The second-order valence-corrected chi connectivity index (χ2v) is 5.88. The van der Waals surface area contributed by atoms with Gasteiger partial charge in [-0.3, -0.25) is 4.90 Å². The van der Waals surface area contributed by atoms with Crippen molar-refractivity contribution in [1.82, 2.24) is 4.90 Å². The molecule has 5 heteroatoms. The van der Waals surface area contributed by atoms with Crippen molar-refractivity contribution in [1.29, 1.82) is 0 Å². The van der Waals surface area contributed by atoms with Crippen molar-refractivity contribution in [3.8, 4) is 0 Å². The molecule has 0 fully saturated rings. The molecule has 2 rings (SSSR count). The lowest BCUT2D eigenvalue weighted by Gasteiger charge is -2.34. The van der Waals surface area contributed by atoms with E-state index in [4.69, 9.17) is 4.74 Å². The molecule has 1 aliphatic heterocycles. The zero-order valence-corrected chi connectivity index (χ0v) is 14.2. The van der Waals surface area contributed by atoms with Gasteiger partial charge in [-0.15, -0.1) is 0 Å². The lowest BCUT2D eigenvalue weighted by Crippen LogP contribution is -2.44. The highest BCUT2D eigenvalue weighted by molar-refractivity contribution is 5.88. The van der Waals surface area contributed by atoms with Gasteiger partial charge in [0.2, 0.25) is 0 Å². The highest BCUT2D eigenvalue weighted by Crippen LogP contribution is 2.31. The first-order valence-corrected chi connectivity index (χ1v) is 8.61. The molecule has 0 aromatic heterocycles. The smallest absolute Gasteiger partial charge is 0.413 e. The average Bonchev–Trinajstić information content (AvgIpc) is 2.57. The van der Waals surface area contributed by atoms with Crippen molar-refractivity contribution in [2.45, 2.75) is 45.8 Å². The third kappa shape index (κ3) is 4.69. The van der Waals surface area contributed by atoms with Gasteiger partial charge in [0.1, 0.15) is 6.23 Å². The Morgan fingerprint density at radius 3 is 2.74 bits per heavy atom. The number of aryl methyl sites for hydroxylation is 1. The number of benzene rings is 1. The number of hydrogen-bond acceptors (Lipinski definition) is 3. The standard InChI is InChI=1S/C18H28N2O3/c1-3-19(4-2)13-7-8-14-23-17-12-11-15-9-5-6-10-16(15)20(17)18(21)22/h5-6,9-10,17H,3-4,7-8,11-14H2,1-2H3,(H,21,22). The van der Waals surface area contributed by atoms with Gasteiger partial charge < -0.3 is 14.7 Å². The van der Waals surface area contributed by atoms with Crippen molar-refractivity contribution in [2.75, 3.05) is 31.1 Å². The molecule has 1 unspecified atom stereocenters. The molecule has 1 aliphatic rings. The Morgan fingerprint density at radius 1 is 1.30 bits per heavy atom. The van der Waals surface area contributed by atoms with Crippen LogP contribution in [0, 0.1) is 0 Å². The predicted molar refractivity (Wildman–Crippen MR) is 92.0 cm³/mol. The van der Waals surface area contributed by atoms with Crippen LogP contribution in [0.5, 0.6) is 0 Å². The maximum absolute atomic E-state index is 11.6. The summed E-state index contributed by atoms with van der Waals surface area (Å²) in [4.78, 5) is 15.4. The van der Waals surface area contributed by atoms with Crippen molar-refractivity contribution < 1.29 is 14.6 Å². The Morgan fingerprint density at radius 2 is 2.04 bits per heavy atom. The molecule has 1 aromatic carbocycles. The molecule has 0 aliphatic carbocycles. The molecule has 5 nitrogen and oxygen atoms in total. The summed E-state index contributed by atoms with van der Waals surface area (Å²) in [6, 6.07) is 7.68. The molecule has 1 N–H and O–H groups in total. The Kier molecular flexibility index (Phi) is 6.86. The number of carbonyl (C=O) groups is 1. The normalized spacial score (nSPS) is 17.3. The van der Waals surface area contributed by atoms with E-state index in [1.165, 1.54) is 4.90 Å². The molecule has 1 aromatic rings. The first kappa shape index (κ1) is 17.8. The fourth-order valence-corrected chi connectivity index (χ4v) is 3.10. The molecule has 23 heavy (non-hydrogen) atoms. The molecule has 0 saturated carbocycles. The number of nitrogens with zero attached hydrogens (tertiary/aromatic N) is 2. The zero-order chi connectivity index (χ0) is 16.7. The summed E-state index contributed by atoms with van der Waals surface area (Å²) < 4.78 is 5.89. The second-order valence-electron chi connectivity index (χ2n) is 5.88. The van der Waals surface area contributed by atoms with Crippen LogP contribution in [0.15, 0.2) is 24.3 Å². The van der Waals surface area contributed by atoms with Gasteiger partial charge >= 0.3 is 6.09 Å². The third-order valence-electron chi connectivity index (χ3n) is 4.48. The van der Waals surface area contributed by atoms with Crippen LogP contribution in [0.1, 0.15) is 38.7 Å². The molecule has 128 valence electrons. The lowest BCUT2D eigenvalue weighted by atomic mass is 10.0. The summed E-state index contributed by atoms with van der Waals surface area (Å²) in [5.74, 6) is 0. The molecule has 0 saturated heterocycles. The van der Waals surface area contributed by atoms with E-state index in [0.717, 1.165) is 56.6 Å². The van der Waals surface area contributed by atoms with E-state index in [1.54, 1.807) is 0 Å². The van der Waals surface area contributed by atoms with Gasteiger partial charge in [0, 0.05) is 6.61 Å². The number of carboxylic acid groups (broad SMARTS) is 1. The third-order valence-corrected chi connectivity index (χ3v) is 4.48. The largest absolute Gasteiger partial charge is 0.465 e. The first-order chi connectivity index (χ1) is 11.2. The van der Waals surface area contributed by atoms with Crippen LogP contribution in [0.4, 0.5) is 10.5 Å². The summed E-state index contributed by atoms with van der Waals surface area (Å²) in [6.45, 7) is 8.17. The van der Waals surface area contributed by atoms with Gasteiger partial charge in [0.25, 0.3) is 0 Å². The van der Waals surface area contributed by atoms with E-state index in [1.807, 2.05) is 24.3 Å². The van der Waals surface area contributed by atoms with Crippen LogP contribution >= 0.6 is 0 Å². The van der Waals surface area contributed by atoms with Crippen molar-refractivity contribution >= 4 is 11.8 Å². The lowest BCUT2D eigenvalue weighted by molar-refractivity contribution is 0.0391. The van der Waals surface area contributed by atoms with Crippen molar-refractivity contribution in [2.24, 2.45) is 0 Å². The fourth-order valence-electron chi connectivity index (χ4n) is 3.10. The second kappa shape index (κ2) is 8.89. The predicted octanol–water partition coefficient (Wildman–Crippen LogP) is 3.58. The number of amides is 1. The number of para-hydroxylation sites is 1.